The quantitative estimate of drug-likeness (QED) is 0.834. The summed E-state index contributed by atoms with van der Waals surface area (Å²) in [6.45, 7) is 1.41. The summed E-state index contributed by atoms with van der Waals surface area (Å²) in [6.07, 6.45) is 3.07. The van der Waals surface area contributed by atoms with Crippen LogP contribution in [0.5, 0.6) is 5.75 Å². The van der Waals surface area contributed by atoms with Gasteiger partial charge < -0.3 is 15.4 Å². The lowest BCUT2D eigenvalue weighted by Crippen LogP contribution is -2.56. The van der Waals surface area contributed by atoms with E-state index in [2.05, 4.69) is 15.6 Å². The van der Waals surface area contributed by atoms with Crippen molar-refractivity contribution in [3.63, 3.8) is 0 Å². The Hall–Kier alpha value is -2.60. The largest absolute Gasteiger partial charge is 0.466 e. The van der Waals surface area contributed by atoms with E-state index in [4.69, 9.17) is 16.3 Å². The van der Waals surface area contributed by atoms with E-state index in [0.29, 0.717) is 22.1 Å². The molecule has 1 unspecified atom stereocenters. The number of nitrogens with zero attached hydrogens (tertiary/aromatic N) is 1. The van der Waals surface area contributed by atoms with Crippen molar-refractivity contribution in [1.29, 1.82) is 0 Å². The van der Waals surface area contributed by atoms with Gasteiger partial charge in [-0.3, -0.25) is 14.6 Å². The Bertz CT molecular complexity index is 751. The molecular formula is C15H12ClN3O3. The average molecular weight is 318 g/mol. The minimum absolute atomic E-state index is 0.382. The van der Waals surface area contributed by atoms with Crippen LogP contribution in [0.2, 0.25) is 5.02 Å². The van der Waals surface area contributed by atoms with Crippen molar-refractivity contribution < 1.29 is 14.3 Å². The van der Waals surface area contributed by atoms with Crippen LogP contribution in [0.3, 0.4) is 0 Å². The molecule has 2 heterocycles. The lowest BCUT2D eigenvalue weighted by atomic mass is 10.0. The minimum atomic E-state index is -1.68. The molecule has 2 N–H and O–H groups in total. The fourth-order valence-electron chi connectivity index (χ4n) is 2.03. The van der Waals surface area contributed by atoms with E-state index in [-0.39, 0.29) is 0 Å². The molecule has 1 aliphatic rings. The second-order valence-electron chi connectivity index (χ2n) is 4.93. The normalized spacial score (nSPS) is 19.6. The lowest BCUT2D eigenvalue weighted by molar-refractivity contribution is -0.143. The third-order valence-electron chi connectivity index (χ3n) is 3.29. The van der Waals surface area contributed by atoms with Crippen LogP contribution in [0.1, 0.15) is 6.92 Å². The van der Waals surface area contributed by atoms with Gasteiger partial charge in [0.15, 0.2) is 0 Å². The number of pyridine rings is 1. The summed E-state index contributed by atoms with van der Waals surface area (Å²) in [5.41, 5.74) is -0.771. The average Bonchev–Trinajstić information content (AvgIpc) is 2.50. The molecule has 0 spiro atoms. The number of halogens is 1. The molecule has 1 aromatic heterocycles. The van der Waals surface area contributed by atoms with Crippen LogP contribution in [-0.2, 0) is 9.59 Å². The summed E-state index contributed by atoms with van der Waals surface area (Å²) in [7, 11) is 0. The summed E-state index contributed by atoms with van der Waals surface area (Å²) >= 11 is 5.87. The maximum absolute atomic E-state index is 12.4. The van der Waals surface area contributed by atoms with Gasteiger partial charge in [0.05, 0.1) is 17.6 Å². The first-order chi connectivity index (χ1) is 10.5. The number of hydrogen-bond acceptors (Lipinski definition) is 4. The van der Waals surface area contributed by atoms with Gasteiger partial charge in [0, 0.05) is 11.2 Å². The van der Waals surface area contributed by atoms with Crippen molar-refractivity contribution in [2.24, 2.45) is 0 Å². The molecule has 2 amide bonds. The van der Waals surface area contributed by atoms with E-state index in [1.54, 1.807) is 36.5 Å². The number of aromatic nitrogens is 1. The Morgan fingerprint density at radius 3 is 2.95 bits per heavy atom. The van der Waals surface area contributed by atoms with Gasteiger partial charge in [-0.05, 0) is 37.3 Å². The molecule has 0 aliphatic carbocycles. The molecule has 112 valence electrons. The van der Waals surface area contributed by atoms with Crippen molar-refractivity contribution >= 4 is 34.8 Å². The first-order valence-corrected chi connectivity index (χ1v) is 6.88. The van der Waals surface area contributed by atoms with Crippen LogP contribution < -0.4 is 15.4 Å². The summed E-state index contributed by atoms with van der Waals surface area (Å²) in [6, 6.07) is 8.14. The molecule has 3 rings (SSSR count). The first kappa shape index (κ1) is 14.3. The molecule has 2 aromatic rings. The van der Waals surface area contributed by atoms with E-state index in [9.17, 15) is 9.59 Å². The van der Waals surface area contributed by atoms with Gasteiger partial charge in [0.1, 0.15) is 5.75 Å². The van der Waals surface area contributed by atoms with Crippen molar-refractivity contribution in [3.05, 3.63) is 47.7 Å². The number of fused-ring (bicyclic) bond motifs is 1. The van der Waals surface area contributed by atoms with E-state index >= 15 is 0 Å². The van der Waals surface area contributed by atoms with E-state index < -0.39 is 17.4 Å². The highest BCUT2D eigenvalue weighted by Crippen LogP contribution is 2.35. The number of benzene rings is 1. The van der Waals surface area contributed by atoms with Crippen LogP contribution in [0.4, 0.5) is 11.4 Å². The highest BCUT2D eigenvalue weighted by atomic mass is 35.5. The fourth-order valence-corrected chi connectivity index (χ4v) is 2.21. The van der Waals surface area contributed by atoms with Crippen LogP contribution >= 0.6 is 11.6 Å². The second-order valence-corrected chi connectivity index (χ2v) is 5.36. The predicted molar refractivity (Wildman–Crippen MR) is 82.0 cm³/mol. The Morgan fingerprint density at radius 1 is 1.41 bits per heavy atom. The minimum Gasteiger partial charge on any atom is -0.466 e. The zero-order chi connectivity index (χ0) is 15.7. The van der Waals surface area contributed by atoms with Crippen LogP contribution in [-0.4, -0.2) is 22.4 Å². The number of nitrogens with one attached hydrogen (secondary N) is 2. The molecule has 7 heteroatoms. The molecule has 0 radical (unpaired) electrons. The zero-order valence-electron chi connectivity index (χ0n) is 11.6. The third kappa shape index (κ3) is 2.48. The Labute approximate surface area is 131 Å². The van der Waals surface area contributed by atoms with Crippen LogP contribution in [0, 0.1) is 0 Å². The van der Waals surface area contributed by atoms with Gasteiger partial charge >= 0.3 is 0 Å². The lowest BCUT2D eigenvalue weighted by Gasteiger charge is -2.33. The molecule has 0 saturated heterocycles. The Kier molecular flexibility index (Phi) is 3.46. The molecule has 22 heavy (non-hydrogen) atoms. The maximum Gasteiger partial charge on any atom is 0.278 e. The first-order valence-electron chi connectivity index (χ1n) is 6.50. The second kappa shape index (κ2) is 5.31. The van der Waals surface area contributed by atoms with Gasteiger partial charge in [0.25, 0.3) is 17.4 Å². The SMILES string of the molecule is CC1(C(=O)Nc2cccnc2)Oc2ccc(Cl)cc2NC1=O. The molecule has 6 nitrogen and oxygen atoms in total. The number of hydrogen-bond donors (Lipinski definition) is 2. The molecule has 1 aromatic carbocycles. The monoisotopic (exact) mass is 317 g/mol. The van der Waals surface area contributed by atoms with Crippen LogP contribution in [0.25, 0.3) is 0 Å². The third-order valence-corrected chi connectivity index (χ3v) is 3.52. The van der Waals surface area contributed by atoms with Crippen molar-refractivity contribution in [2.45, 2.75) is 12.5 Å². The van der Waals surface area contributed by atoms with E-state index in [1.807, 2.05) is 0 Å². The Morgan fingerprint density at radius 2 is 2.23 bits per heavy atom. The van der Waals surface area contributed by atoms with Crippen molar-refractivity contribution in [2.75, 3.05) is 10.6 Å². The summed E-state index contributed by atoms with van der Waals surface area (Å²) in [4.78, 5) is 28.6. The topological polar surface area (TPSA) is 80.3 Å². The van der Waals surface area contributed by atoms with Crippen molar-refractivity contribution in [1.82, 2.24) is 4.98 Å². The zero-order valence-corrected chi connectivity index (χ0v) is 12.3. The van der Waals surface area contributed by atoms with E-state index in [1.165, 1.54) is 13.1 Å². The van der Waals surface area contributed by atoms with Gasteiger partial charge in [0.2, 0.25) is 0 Å². The summed E-state index contributed by atoms with van der Waals surface area (Å²) in [5, 5.41) is 5.71. The smallest absolute Gasteiger partial charge is 0.278 e. The molecule has 1 atom stereocenters. The molecule has 0 saturated carbocycles. The number of carbonyl (C=O) groups excluding carboxylic acids is 2. The molecule has 0 fully saturated rings. The molecular weight excluding hydrogens is 306 g/mol. The molecule has 1 aliphatic heterocycles. The summed E-state index contributed by atoms with van der Waals surface area (Å²) < 4.78 is 5.62. The number of ether oxygens (including phenoxy) is 1. The maximum atomic E-state index is 12.4. The Balaban J connectivity index is 1.88. The van der Waals surface area contributed by atoms with Crippen molar-refractivity contribution in [3.8, 4) is 5.75 Å². The number of anilines is 2. The van der Waals surface area contributed by atoms with Gasteiger partial charge in [-0.1, -0.05) is 11.6 Å². The van der Waals surface area contributed by atoms with E-state index in [0.717, 1.165) is 0 Å². The number of rotatable bonds is 2. The summed E-state index contributed by atoms with van der Waals surface area (Å²) in [5.74, 6) is -0.768. The standard InChI is InChI=1S/C15H12ClN3O3/c1-15(13(20)18-10-3-2-6-17-8-10)14(21)19-11-7-9(16)4-5-12(11)22-15/h2-8H,1H3,(H,18,20)(H,19,21). The highest BCUT2D eigenvalue weighted by Gasteiger charge is 2.47. The number of amides is 2. The van der Waals surface area contributed by atoms with Crippen LogP contribution in [0.15, 0.2) is 42.7 Å². The fraction of sp³-hybridized carbons (Fsp3) is 0.133. The van der Waals surface area contributed by atoms with Gasteiger partial charge in [-0.15, -0.1) is 0 Å². The van der Waals surface area contributed by atoms with Gasteiger partial charge in [-0.25, -0.2) is 0 Å². The number of carbonyl (C=O) groups is 2. The predicted octanol–water partition coefficient (Wildman–Crippen LogP) is 2.46. The van der Waals surface area contributed by atoms with Gasteiger partial charge in [-0.2, -0.15) is 0 Å². The highest BCUT2D eigenvalue weighted by molar-refractivity contribution is 6.31. The molecule has 0 bridgehead atoms.